The summed E-state index contributed by atoms with van der Waals surface area (Å²) < 4.78 is 4.89. The van der Waals surface area contributed by atoms with Crippen molar-refractivity contribution in [1.82, 2.24) is 5.32 Å². The Morgan fingerprint density at radius 1 is 1.29 bits per heavy atom. The molecule has 0 heterocycles. The van der Waals surface area contributed by atoms with E-state index >= 15 is 0 Å². The number of ether oxygens (including phenoxy) is 1. The Kier molecular flexibility index (Phi) is 6.54. The fraction of sp³-hybridized carbons (Fsp3) is 0.500. The van der Waals surface area contributed by atoms with Crippen LogP contribution in [0.1, 0.15) is 42.5 Å². The minimum absolute atomic E-state index is 0.0354. The highest BCUT2D eigenvalue weighted by atomic mass is 35.5. The van der Waals surface area contributed by atoms with E-state index < -0.39 is 23.4 Å². The van der Waals surface area contributed by atoms with Crippen molar-refractivity contribution in [2.45, 2.75) is 32.1 Å². The lowest BCUT2D eigenvalue weighted by molar-refractivity contribution is -0.384. The van der Waals surface area contributed by atoms with Gasteiger partial charge in [0.2, 0.25) is 0 Å². The second kappa shape index (κ2) is 8.63. The van der Waals surface area contributed by atoms with E-state index in [0.717, 1.165) is 18.9 Å². The van der Waals surface area contributed by atoms with Crippen LogP contribution in [0.4, 0.5) is 5.69 Å². The minimum Gasteiger partial charge on any atom is -0.452 e. The maximum atomic E-state index is 11.9. The Morgan fingerprint density at radius 2 is 2.00 bits per heavy atom. The minimum atomic E-state index is -0.864. The average Bonchev–Trinajstić information content (AvgIpc) is 2.59. The van der Waals surface area contributed by atoms with E-state index in [2.05, 4.69) is 5.32 Å². The van der Waals surface area contributed by atoms with Crippen molar-refractivity contribution in [3.63, 3.8) is 0 Å². The standard InChI is InChI=1S/C16H19ClN2O5/c17-14-7-6-12(19(22)23)8-13(14)16(21)24-10-15(20)18-9-11-4-2-1-3-5-11/h6-8,11H,1-5,9-10H2,(H,18,20). The van der Waals surface area contributed by atoms with Gasteiger partial charge in [0.05, 0.1) is 15.5 Å². The quantitative estimate of drug-likeness (QED) is 0.480. The molecule has 1 aliphatic carbocycles. The number of hydrogen-bond donors (Lipinski definition) is 1. The lowest BCUT2D eigenvalue weighted by Gasteiger charge is -2.21. The topological polar surface area (TPSA) is 98.5 Å². The molecule has 1 fully saturated rings. The van der Waals surface area contributed by atoms with Gasteiger partial charge in [-0.15, -0.1) is 0 Å². The van der Waals surface area contributed by atoms with Gasteiger partial charge in [0, 0.05) is 18.7 Å². The first-order valence-corrected chi connectivity index (χ1v) is 8.23. The van der Waals surface area contributed by atoms with Crippen molar-refractivity contribution < 1.29 is 19.2 Å². The van der Waals surface area contributed by atoms with Crippen molar-refractivity contribution in [1.29, 1.82) is 0 Å². The molecule has 1 N–H and O–H groups in total. The third-order valence-electron chi connectivity index (χ3n) is 4.03. The molecule has 0 radical (unpaired) electrons. The number of hydrogen-bond acceptors (Lipinski definition) is 5. The van der Waals surface area contributed by atoms with Crippen LogP contribution in [0.2, 0.25) is 5.02 Å². The smallest absolute Gasteiger partial charge is 0.340 e. The molecule has 1 aromatic rings. The number of rotatable bonds is 6. The van der Waals surface area contributed by atoms with E-state index in [4.69, 9.17) is 16.3 Å². The lowest BCUT2D eigenvalue weighted by atomic mass is 9.89. The van der Waals surface area contributed by atoms with Gasteiger partial charge in [-0.2, -0.15) is 0 Å². The van der Waals surface area contributed by atoms with Gasteiger partial charge in [-0.05, 0) is 24.8 Å². The zero-order valence-electron chi connectivity index (χ0n) is 13.1. The number of carbonyl (C=O) groups is 2. The maximum Gasteiger partial charge on any atom is 0.340 e. The molecule has 1 aliphatic rings. The van der Waals surface area contributed by atoms with E-state index in [1.807, 2.05) is 0 Å². The van der Waals surface area contributed by atoms with Crippen molar-refractivity contribution in [2.75, 3.05) is 13.2 Å². The SMILES string of the molecule is O=C(COC(=O)c1cc([N+](=O)[O-])ccc1Cl)NCC1CCCCC1. The highest BCUT2D eigenvalue weighted by Gasteiger charge is 2.19. The van der Waals surface area contributed by atoms with Gasteiger partial charge in [-0.25, -0.2) is 4.79 Å². The second-order valence-corrected chi connectivity index (χ2v) is 6.21. The monoisotopic (exact) mass is 354 g/mol. The number of nitrogens with zero attached hydrogens (tertiary/aromatic N) is 1. The zero-order chi connectivity index (χ0) is 17.5. The van der Waals surface area contributed by atoms with E-state index in [0.29, 0.717) is 12.5 Å². The molecule has 2 rings (SSSR count). The molecule has 0 aliphatic heterocycles. The molecule has 0 spiro atoms. The number of halogens is 1. The highest BCUT2D eigenvalue weighted by molar-refractivity contribution is 6.33. The number of non-ortho nitro benzene ring substituents is 1. The summed E-state index contributed by atoms with van der Waals surface area (Å²) in [4.78, 5) is 33.8. The molecule has 0 unspecified atom stereocenters. The number of nitro groups is 1. The van der Waals surface area contributed by atoms with Crippen LogP contribution >= 0.6 is 11.6 Å². The highest BCUT2D eigenvalue weighted by Crippen LogP contribution is 2.23. The number of esters is 1. The van der Waals surface area contributed by atoms with Crippen LogP contribution in [0.3, 0.4) is 0 Å². The summed E-state index contributed by atoms with van der Waals surface area (Å²) in [5.74, 6) is -0.781. The number of amides is 1. The van der Waals surface area contributed by atoms with Gasteiger partial charge >= 0.3 is 5.97 Å². The molecule has 0 saturated heterocycles. The van der Waals surface area contributed by atoms with Gasteiger partial charge in [0.1, 0.15) is 0 Å². The molecular weight excluding hydrogens is 336 g/mol. The predicted molar refractivity (Wildman–Crippen MR) is 88.0 cm³/mol. The van der Waals surface area contributed by atoms with Gasteiger partial charge in [0.15, 0.2) is 6.61 Å². The molecule has 8 heteroatoms. The van der Waals surface area contributed by atoms with Gasteiger partial charge in [0.25, 0.3) is 11.6 Å². The molecule has 130 valence electrons. The zero-order valence-corrected chi connectivity index (χ0v) is 13.9. The third-order valence-corrected chi connectivity index (χ3v) is 4.36. The van der Waals surface area contributed by atoms with Crippen molar-refractivity contribution >= 4 is 29.2 Å². The Balaban J connectivity index is 1.82. The molecule has 0 aromatic heterocycles. The van der Waals surface area contributed by atoms with E-state index in [9.17, 15) is 19.7 Å². The van der Waals surface area contributed by atoms with Gasteiger partial charge in [-0.1, -0.05) is 30.9 Å². The van der Waals surface area contributed by atoms with Crippen LogP contribution in [-0.4, -0.2) is 30.0 Å². The number of nitrogens with one attached hydrogen (secondary N) is 1. The van der Waals surface area contributed by atoms with Crippen LogP contribution in [0, 0.1) is 16.0 Å². The van der Waals surface area contributed by atoms with Crippen molar-refractivity contribution in [3.8, 4) is 0 Å². The predicted octanol–water partition coefficient (Wildman–Crippen LogP) is 3.10. The largest absolute Gasteiger partial charge is 0.452 e. The molecule has 7 nitrogen and oxygen atoms in total. The van der Waals surface area contributed by atoms with Crippen LogP contribution < -0.4 is 5.32 Å². The number of nitro benzene ring substituents is 1. The molecule has 1 saturated carbocycles. The summed E-state index contributed by atoms with van der Waals surface area (Å²) in [6.45, 7) is 0.137. The van der Waals surface area contributed by atoms with E-state index in [1.165, 1.54) is 31.4 Å². The summed E-state index contributed by atoms with van der Waals surface area (Å²) in [5.41, 5.74) is -0.404. The first-order chi connectivity index (χ1) is 11.5. The average molecular weight is 355 g/mol. The van der Waals surface area contributed by atoms with Gasteiger partial charge < -0.3 is 10.1 Å². The van der Waals surface area contributed by atoms with Crippen LogP contribution in [0.25, 0.3) is 0 Å². The summed E-state index contributed by atoms with van der Waals surface area (Å²) in [7, 11) is 0. The van der Waals surface area contributed by atoms with Crippen molar-refractivity contribution in [2.24, 2.45) is 5.92 Å². The Morgan fingerprint density at radius 3 is 2.67 bits per heavy atom. The molecular formula is C16H19ClN2O5. The second-order valence-electron chi connectivity index (χ2n) is 5.81. The van der Waals surface area contributed by atoms with Crippen molar-refractivity contribution in [3.05, 3.63) is 38.9 Å². The summed E-state index contributed by atoms with van der Waals surface area (Å²) in [6, 6.07) is 3.47. The fourth-order valence-electron chi connectivity index (χ4n) is 2.69. The third kappa shape index (κ3) is 5.19. The van der Waals surface area contributed by atoms with Gasteiger partial charge in [-0.3, -0.25) is 14.9 Å². The summed E-state index contributed by atoms with van der Waals surface area (Å²) in [6.07, 6.45) is 5.81. The molecule has 24 heavy (non-hydrogen) atoms. The Labute approximate surface area is 144 Å². The van der Waals surface area contributed by atoms with E-state index in [-0.39, 0.29) is 16.3 Å². The first kappa shape index (κ1) is 18.2. The Bertz CT molecular complexity index is 629. The maximum absolute atomic E-state index is 11.9. The summed E-state index contributed by atoms with van der Waals surface area (Å²) >= 11 is 5.85. The normalized spacial score (nSPS) is 14.9. The Hall–Kier alpha value is -2.15. The fourth-order valence-corrected chi connectivity index (χ4v) is 2.89. The molecule has 0 bridgehead atoms. The molecule has 1 amide bonds. The number of benzene rings is 1. The first-order valence-electron chi connectivity index (χ1n) is 7.85. The number of carbonyl (C=O) groups excluding carboxylic acids is 2. The summed E-state index contributed by atoms with van der Waals surface area (Å²) in [5, 5.41) is 13.5. The van der Waals surface area contributed by atoms with Crippen LogP contribution in [-0.2, 0) is 9.53 Å². The van der Waals surface area contributed by atoms with Crippen LogP contribution in [0.5, 0.6) is 0 Å². The van der Waals surface area contributed by atoms with Crippen LogP contribution in [0.15, 0.2) is 18.2 Å². The lowest BCUT2D eigenvalue weighted by Crippen LogP contribution is -2.33. The van der Waals surface area contributed by atoms with E-state index in [1.54, 1.807) is 0 Å². The molecule has 1 aromatic carbocycles. The molecule has 0 atom stereocenters.